The molecule has 0 atom stereocenters. The van der Waals surface area contributed by atoms with Gasteiger partial charge in [0.25, 0.3) is 0 Å². The molecule has 0 aliphatic carbocycles. The number of halogens is 1. The van der Waals surface area contributed by atoms with Crippen LogP contribution in [0.1, 0.15) is 10.4 Å². The fourth-order valence-electron chi connectivity index (χ4n) is 1.27. The summed E-state index contributed by atoms with van der Waals surface area (Å²) in [5.74, 6) is -0.941. The molecule has 0 saturated carbocycles. The Morgan fingerprint density at radius 3 is 2.65 bits per heavy atom. The average Bonchev–Trinajstić information content (AvgIpc) is 2.30. The van der Waals surface area contributed by atoms with Crippen LogP contribution in [0.4, 0.5) is 11.5 Å². The normalized spacial score (nSPS) is 9.94. The number of nitrogens with one attached hydrogen (secondary N) is 1. The Bertz CT molecular complexity index is 546. The van der Waals surface area contributed by atoms with E-state index in [9.17, 15) is 4.79 Å². The van der Waals surface area contributed by atoms with Crippen molar-refractivity contribution in [2.75, 3.05) is 5.32 Å². The second-order valence-corrected chi connectivity index (χ2v) is 3.54. The highest BCUT2D eigenvalue weighted by Gasteiger charge is 2.13. The molecule has 0 aliphatic rings. The maximum Gasteiger partial charge on any atom is 0.341 e. The zero-order valence-electron chi connectivity index (χ0n) is 8.59. The molecule has 2 N–H and O–H groups in total. The van der Waals surface area contributed by atoms with Gasteiger partial charge in [-0.2, -0.15) is 4.98 Å². The van der Waals surface area contributed by atoms with E-state index >= 15 is 0 Å². The van der Waals surface area contributed by atoms with E-state index < -0.39 is 5.97 Å². The van der Waals surface area contributed by atoms with Gasteiger partial charge < -0.3 is 10.4 Å². The summed E-state index contributed by atoms with van der Waals surface area (Å²) in [6.45, 7) is 0. The fraction of sp³-hybridized carbons (Fsp3) is 0. The van der Waals surface area contributed by atoms with Crippen LogP contribution in [-0.2, 0) is 0 Å². The van der Waals surface area contributed by atoms with E-state index in [1.54, 1.807) is 12.1 Å². The predicted octanol–water partition coefficient (Wildman–Crippen LogP) is 2.57. The number of carboxylic acids is 1. The monoisotopic (exact) mass is 249 g/mol. The molecule has 0 fully saturated rings. The number of carbonyl (C=O) groups is 1. The first-order valence-corrected chi connectivity index (χ1v) is 5.12. The molecule has 2 aromatic rings. The molecule has 0 unspecified atom stereocenters. The Labute approximate surface area is 102 Å². The van der Waals surface area contributed by atoms with E-state index in [-0.39, 0.29) is 16.7 Å². The minimum Gasteiger partial charge on any atom is -0.477 e. The van der Waals surface area contributed by atoms with Crippen LogP contribution in [0.2, 0.25) is 5.28 Å². The van der Waals surface area contributed by atoms with E-state index in [0.29, 0.717) is 0 Å². The number of nitrogens with zero attached hydrogens (tertiary/aromatic N) is 2. The van der Waals surface area contributed by atoms with Crippen molar-refractivity contribution in [1.29, 1.82) is 0 Å². The predicted molar refractivity (Wildman–Crippen MR) is 63.7 cm³/mol. The molecule has 17 heavy (non-hydrogen) atoms. The van der Waals surface area contributed by atoms with Crippen LogP contribution in [-0.4, -0.2) is 21.0 Å². The SMILES string of the molecule is O=C(O)c1cnc(Cl)nc1Nc1ccccc1. The van der Waals surface area contributed by atoms with Gasteiger partial charge >= 0.3 is 5.97 Å². The molecule has 6 heteroatoms. The molecular weight excluding hydrogens is 242 g/mol. The Morgan fingerprint density at radius 1 is 1.29 bits per heavy atom. The van der Waals surface area contributed by atoms with Crippen LogP contribution in [0.3, 0.4) is 0 Å². The first kappa shape index (κ1) is 11.3. The van der Waals surface area contributed by atoms with Gasteiger partial charge in [-0.25, -0.2) is 9.78 Å². The van der Waals surface area contributed by atoms with Crippen molar-refractivity contribution in [3.8, 4) is 0 Å². The standard InChI is InChI=1S/C11H8ClN3O2/c12-11-13-6-8(10(16)17)9(15-11)14-7-4-2-1-3-5-7/h1-6H,(H,16,17)(H,13,14,15). The summed E-state index contributed by atoms with van der Waals surface area (Å²) in [6.07, 6.45) is 1.17. The highest BCUT2D eigenvalue weighted by molar-refractivity contribution is 6.28. The average molecular weight is 250 g/mol. The van der Waals surface area contributed by atoms with Gasteiger partial charge in [0.05, 0.1) is 0 Å². The lowest BCUT2D eigenvalue weighted by atomic mass is 10.3. The molecule has 0 saturated heterocycles. The van der Waals surface area contributed by atoms with Crippen molar-refractivity contribution >= 4 is 29.1 Å². The third kappa shape index (κ3) is 2.70. The maximum atomic E-state index is 11.0. The smallest absolute Gasteiger partial charge is 0.341 e. The van der Waals surface area contributed by atoms with Crippen molar-refractivity contribution in [1.82, 2.24) is 9.97 Å². The first-order chi connectivity index (χ1) is 8.16. The zero-order chi connectivity index (χ0) is 12.3. The molecule has 86 valence electrons. The Balaban J connectivity index is 2.37. The van der Waals surface area contributed by atoms with E-state index in [0.717, 1.165) is 5.69 Å². The van der Waals surface area contributed by atoms with E-state index in [4.69, 9.17) is 16.7 Å². The molecule has 0 spiro atoms. The number of rotatable bonds is 3. The maximum absolute atomic E-state index is 11.0. The van der Waals surface area contributed by atoms with Gasteiger partial charge in [-0.05, 0) is 23.7 Å². The third-order valence-corrected chi connectivity index (χ3v) is 2.21. The molecule has 5 nitrogen and oxygen atoms in total. The summed E-state index contributed by atoms with van der Waals surface area (Å²) >= 11 is 5.63. The lowest BCUT2D eigenvalue weighted by molar-refractivity contribution is 0.0697. The molecule has 1 aromatic heterocycles. The highest BCUT2D eigenvalue weighted by Crippen LogP contribution is 2.19. The van der Waals surface area contributed by atoms with Crippen molar-refractivity contribution in [2.24, 2.45) is 0 Å². The lowest BCUT2D eigenvalue weighted by Crippen LogP contribution is -2.06. The second kappa shape index (κ2) is 4.80. The quantitative estimate of drug-likeness (QED) is 0.818. The molecule has 0 radical (unpaired) electrons. The summed E-state index contributed by atoms with van der Waals surface area (Å²) in [5, 5.41) is 11.8. The van der Waals surface area contributed by atoms with Crippen molar-refractivity contribution in [3.05, 3.63) is 47.4 Å². The van der Waals surface area contributed by atoms with Crippen molar-refractivity contribution in [2.45, 2.75) is 0 Å². The summed E-state index contributed by atoms with van der Waals surface area (Å²) in [4.78, 5) is 18.4. The molecular formula is C11H8ClN3O2. The lowest BCUT2D eigenvalue weighted by Gasteiger charge is -2.07. The minimum absolute atomic E-state index is 0.00608. The summed E-state index contributed by atoms with van der Waals surface area (Å²) in [6, 6.07) is 9.09. The van der Waals surface area contributed by atoms with Crippen LogP contribution in [0.5, 0.6) is 0 Å². The largest absolute Gasteiger partial charge is 0.477 e. The van der Waals surface area contributed by atoms with Gasteiger partial charge in [0.15, 0.2) is 0 Å². The van der Waals surface area contributed by atoms with Gasteiger partial charge in [-0.1, -0.05) is 18.2 Å². The molecule has 0 aliphatic heterocycles. The van der Waals surface area contributed by atoms with Gasteiger partial charge in [0.1, 0.15) is 11.4 Å². The molecule has 0 bridgehead atoms. The highest BCUT2D eigenvalue weighted by atomic mass is 35.5. The topological polar surface area (TPSA) is 75.1 Å². The minimum atomic E-state index is -1.11. The van der Waals surface area contributed by atoms with Crippen LogP contribution in [0, 0.1) is 0 Å². The van der Waals surface area contributed by atoms with Crippen LogP contribution in [0.15, 0.2) is 36.5 Å². The van der Waals surface area contributed by atoms with Gasteiger partial charge in [0, 0.05) is 11.9 Å². The van der Waals surface area contributed by atoms with E-state index in [1.165, 1.54) is 6.20 Å². The summed E-state index contributed by atoms with van der Waals surface area (Å²) in [7, 11) is 0. The number of anilines is 2. The molecule has 2 rings (SSSR count). The second-order valence-electron chi connectivity index (χ2n) is 3.20. The number of carboxylic acid groups (broad SMARTS) is 1. The first-order valence-electron chi connectivity index (χ1n) is 4.75. The summed E-state index contributed by atoms with van der Waals surface area (Å²) in [5.41, 5.74) is 0.697. The number of hydrogen-bond donors (Lipinski definition) is 2. The van der Waals surface area contributed by atoms with E-state index in [2.05, 4.69) is 15.3 Å². The fourth-order valence-corrected chi connectivity index (χ4v) is 1.40. The molecule has 1 heterocycles. The number of aromatic carboxylic acids is 1. The van der Waals surface area contributed by atoms with Gasteiger partial charge in [-0.3, -0.25) is 0 Å². The number of benzene rings is 1. The number of para-hydroxylation sites is 1. The van der Waals surface area contributed by atoms with Crippen LogP contribution < -0.4 is 5.32 Å². The molecule has 1 aromatic carbocycles. The summed E-state index contributed by atoms with van der Waals surface area (Å²) < 4.78 is 0. The Hall–Kier alpha value is -2.14. The Morgan fingerprint density at radius 2 is 2.00 bits per heavy atom. The third-order valence-electron chi connectivity index (χ3n) is 2.03. The van der Waals surface area contributed by atoms with Crippen LogP contribution >= 0.6 is 11.6 Å². The van der Waals surface area contributed by atoms with Gasteiger partial charge in [0.2, 0.25) is 5.28 Å². The molecule has 0 amide bonds. The van der Waals surface area contributed by atoms with Crippen LogP contribution in [0.25, 0.3) is 0 Å². The van der Waals surface area contributed by atoms with Crippen molar-refractivity contribution < 1.29 is 9.90 Å². The van der Waals surface area contributed by atoms with E-state index in [1.807, 2.05) is 18.2 Å². The zero-order valence-corrected chi connectivity index (χ0v) is 9.35. The Kier molecular flexibility index (Phi) is 3.20. The van der Waals surface area contributed by atoms with Crippen molar-refractivity contribution in [3.63, 3.8) is 0 Å². The van der Waals surface area contributed by atoms with Gasteiger partial charge in [-0.15, -0.1) is 0 Å². The number of hydrogen-bond acceptors (Lipinski definition) is 4. The number of aromatic nitrogens is 2.